The first-order valence-corrected chi connectivity index (χ1v) is 13.7. The number of hydrogen-bond donors (Lipinski definition) is 2. The molecule has 0 radical (unpaired) electrons. The van der Waals surface area contributed by atoms with E-state index in [9.17, 15) is 41.9 Å². The molecule has 0 bridgehead atoms. The van der Waals surface area contributed by atoms with E-state index in [1.165, 1.54) is 36.1 Å². The zero-order chi connectivity index (χ0) is 27.4. The van der Waals surface area contributed by atoms with Crippen molar-refractivity contribution >= 4 is 37.3 Å². The van der Waals surface area contributed by atoms with Crippen LogP contribution in [0.25, 0.3) is 0 Å². The highest BCUT2D eigenvalue weighted by Crippen LogP contribution is 2.25. The van der Waals surface area contributed by atoms with Crippen LogP contribution in [0.2, 0.25) is 0 Å². The maximum atomic E-state index is 13.3. The fourth-order valence-electron chi connectivity index (χ4n) is 3.62. The molecule has 2 N–H and O–H groups in total. The van der Waals surface area contributed by atoms with Crippen molar-refractivity contribution in [3.63, 3.8) is 0 Å². The first-order valence-electron chi connectivity index (χ1n) is 10.7. The Morgan fingerprint density at radius 3 is 1.76 bits per heavy atom. The van der Waals surface area contributed by atoms with Gasteiger partial charge in [0.15, 0.2) is 9.79 Å². The minimum Gasteiger partial charge on any atom is -0.378 e. The van der Waals surface area contributed by atoms with Crippen molar-refractivity contribution in [3.05, 3.63) is 68.8 Å². The average molecular weight is 558 g/mol. The Hall–Kier alpha value is -3.51. The number of hydrogen-bond acceptors (Lipinski definition) is 10. The van der Waals surface area contributed by atoms with Gasteiger partial charge in [0.25, 0.3) is 11.4 Å². The third-order valence-electron chi connectivity index (χ3n) is 5.41. The Morgan fingerprint density at radius 2 is 1.30 bits per heavy atom. The van der Waals surface area contributed by atoms with E-state index in [1.54, 1.807) is 0 Å². The molecule has 1 amide bonds. The Kier molecular flexibility index (Phi) is 8.54. The van der Waals surface area contributed by atoms with Crippen LogP contribution in [-0.4, -0.2) is 75.9 Å². The Balaban J connectivity index is 2.00. The Morgan fingerprint density at radius 1 is 0.865 bits per heavy atom. The van der Waals surface area contributed by atoms with Crippen LogP contribution < -0.4 is 9.44 Å². The summed E-state index contributed by atoms with van der Waals surface area (Å²) in [6.45, 7) is 1.69. The lowest BCUT2D eigenvalue weighted by Gasteiger charge is -2.33. The fraction of sp³-hybridized carbons (Fsp3) is 0.350. The lowest BCUT2D eigenvalue weighted by molar-refractivity contribution is -0.388. The summed E-state index contributed by atoms with van der Waals surface area (Å²) in [4.78, 5) is 34.1. The maximum Gasteiger partial charge on any atom is 0.289 e. The standard InChI is InChI=1S/C20H23N5O10S2/c1-14(21-36(31,32)17-8-4-2-6-15(17)24(27)28)19(20(26)23-10-12-35-13-11-23)22-37(33,34)18-9-5-3-7-16(18)25(29)30/h2-9,14,19,21-22H,10-13H2,1H3/t14-,19-/m1/s1. The van der Waals surface area contributed by atoms with E-state index in [-0.39, 0.29) is 26.3 Å². The number of nitrogens with one attached hydrogen (secondary N) is 2. The van der Waals surface area contributed by atoms with Gasteiger partial charge in [-0.2, -0.15) is 4.72 Å². The second-order valence-electron chi connectivity index (χ2n) is 7.90. The molecule has 17 heteroatoms. The molecule has 2 aromatic rings. The zero-order valence-electron chi connectivity index (χ0n) is 19.3. The minimum absolute atomic E-state index is 0.0895. The second-order valence-corrected chi connectivity index (χ2v) is 11.3. The number of para-hydroxylation sites is 2. The third kappa shape index (κ3) is 6.44. The van der Waals surface area contributed by atoms with Gasteiger partial charge in [0.05, 0.1) is 23.1 Å². The molecule has 1 fully saturated rings. The average Bonchev–Trinajstić information content (AvgIpc) is 2.87. The SMILES string of the molecule is C[C@@H](NS(=O)(=O)c1ccccc1[N+](=O)[O-])[C@@H](NS(=O)(=O)c1ccccc1[N+](=O)[O-])C(=O)N1CCOCC1. The summed E-state index contributed by atoms with van der Waals surface area (Å²) in [5.41, 5.74) is -1.47. The molecular formula is C20H23N5O10S2. The molecule has 1 aliphatic heterocycles. The van der Waals surface area contributed by atoms with Crippen molar-refractivity contribution in [3.8, 4) is 0 Å². The summed E-state index contributed by atoms with van der Waals surface area (Å²) in [5.74, 6) is -0.816. The van der Waals surface area contributed by atoms with Crippen LogP contribution in [0.5, 0.6) is 0 Å². The Labute approximate surface area is 211 Å². The van der Waals surface area contributed by atoms with Crippen LogP contribution in [0.3, 0.4) is 0 Å². The fourth-order valence-corrected chi connectivity index (χ4v) is 6.49. The summed E-state index contributed by atoms with van der Waals surface area (Å²) < 4.78 is 61.8. The highest BCUT2D eigenvalue weighted by molar-refractivity contribution is 7.90. The molecule has 1 saturated heterocycles. The van der Waals surface area contributed by atoms with Crippen molar-refractivity contribution in [1.82, 2.24) is 14.3 Å². The van der Waals surface area contributed by atoms with E-state index < -0.39 is 69.0 Å². The number of ether oxygens (including phenoxy) is 1. The number of nitro benzene ring substituents is 2. The molecule has 0 saturated carbocycles. The van der Waals surface area contributed by atoms with E-state index in [0.29, 0.717) is 0 Å². The van der Waals surface area contributed by atoms with E-state index in [4.69, 9.17) is 4.74 Å². The molecule has 3 rings (SSSR count). The predicted molar refractivity (Wildman–Crippen MR) is 127 cm³/mol. The summed E-state index contributed by atoms with van der Waals surface area (Å²) in [6, 6.07) is 5.71. The van der Waals surface area contributed by atoms with Gasteiger partial charge in [-0.15, -0.1) is 0 Å². The molecule has 15 nitrogen and oxygen atoms in total. The van der Waals surface area contributed by atoms with Crippen LogP contribution in [0.1, 0.15) is 6.92 Å². The van der Waals surface area contributed by atoms with E-state index in [2.05, 4.69) is 9.44 Å². The van der Waals surface area contributed by atoms with Crippen molar-refractivity contribution < 1.29 is 36.2 Å². The second kappa shape index (κ2) is 11.3. The Bertz CT molecular complexity index is 1410. The van der Waals surface area contributed by atoms with Gasteiger partial charge in [0.2, 0.25) is 26.0 Å². The van der Waals surface area contributed by atoms with Crippen LogP contribution in [-0.2, 0) is 29.6 Å². The van der Waals surface area contributed by atoms with Crippen molar-refractivity contribution in [2.45, 2.75) is 28.8 Å². The zero-order valence-corrected chi connectivity index (χ0v) is 21.0. The van der Waals surface area contributed by atoms with Gasteiger partial charge in [0.1, 0.15) is 6.04 Å². The molecule has 37 heavy (non-hydrogen) atoms. The van der Waals surface area contributed by atoms with Crippen LogP contribution in [0.4, 0.5) is 11.4 Å². The number of amides is 1. The molecular weight excluding hydrogens is 534 g/mol. The molecule has 0 spiro atoms. The largest absolute Gasteiger partial charge is 0.378 e. The van der Waals surface area contributed by atoms with Crippen molar-refractivity contribution in [2.24, 2.45) is 0 Å². The molecule has 0 aromatic heterocycles. The topological polar surface area (TPSA) is 208 Å². The highest BCUT2D eigenvalue weighted by atomic mass is 32.2. The summed E-state index contributed by atoms with van der Waals surface area (Å²) >= 11 is 0. The highest BCUT2D eigenvalue weighted by Gasteiger charge is 2.38. The minimum atomic E-state index is -4.72. The number of sulfonamides is 2. The number of nitro groups is 2. The summed E-state index contributed by atoms with van der Waals surface area (Å²) in [5, 5.41) is 22.7. The summed E-state index contributed by atoms with van der Waals surface area (Å²) in [7, 11) is -9.34. The van der Waals surface area contributed by atoms with Crippen LogP contribution in [0, 0.1) is 20.2 Å². The number of morpholine rings is 1. The molecule has 1 aliphatic rings. The number of rotatable bonds is 10. The molecule has 2 atom stereocenters. The van der Waals surface area contributed by atoms with E-state index >= 15 is 0 Å². The van der Waals surface area contributed by atoms with Gasteiger partial charge in [-0.05, 0) is 19.1 Å². The number of benzene rings is 2. The third-order valence-corrected chi connectivity index (χ3v) is 8.51. The van der Waals surface area contributed by atoms with E-state index in [1.807, 2.05) is 0 Å². The van der Waals surface area contributed by atoms with Crippen molar-refractivity contribution in [2.75, 3.05) is 26.3 Å². The lowest BCUT2D eigenvalue weighted by atomic mass is 10.1. The first-order chi connectivity index (χ1) is 17.3. The van der Waals surface area contributed by atoms with Gasteiger partial charge in [-0.3, -0.25) is 25.0 Å². The quantitative estimate of drug-likeness (QED) is 0.303. The smallest absolute Gasteiger partial charge is 0.289 e. The van der Waals surface area contributed by atoms with Gasteiger partial charge in [-0.25, -0.2) is 21.6 Å². The molecule has 0 aliphatic carbocycles. The maximum absolute atomic E-state index is 13.3. The number of carbonyl (C=O) groups excluding carboxylic acids is 1. The molecule has 200 valence electrons. The van der Waals surface area contributed by atoms with Crippen LogP contribution in [0.15, 0.2) is 58.3 Å². The normalized spacial score (nSPS) is 16.1. The molecule has 2 aromatic carbocycles. The first kappa shape index (κ1) is 28.1. The number of nitrogens with zero attached hydrogens (tertiary/aromatic N) is 3. The predicted octanol–water partition coefficient (Wildman–Crippen LogP) is 0.376. The van der Waals surface area contributed by atoms with Crippen molar-refractivity contribution in [1.29, 1.82) is 0 Å². The van der Waals surface area contributed by atoms with Gasteiger partial charge >= 0.3 is 0 Å². The molecule has 1 heterocycles. The number of carbonyl (C=O) groups is 1. The summed E-state index contributed by atoms with van der Waals surface area (Å²) in [6.07, 6.45) is 0. The van der Waals surface area contributed by atoms with Gasteiger partial charge in [0, 0.05) is 31.3 Å². The van der Waals surface area contributed by atoms with Gasteiger partial charge in [-0.1, -0.05) is 24.3 Å². The monoisotopic (exact) mass is 557 g/mol. The van der Waals surface area contributed by atoms with E-state index in [0.717, 1.165) is 24.3 Å². The van der Waals surface area contributed by atoms with Gasteiger partial charge < -0.3 is 9.64 Å². The lowest BCUT2D eigenvalue weighted by Crippen LogP contribution is -2.59. The molecule has 0 unspecified atom stereocenters. The van der Waals surface area contributed by atoms with Crippen LogP contribution >= 0.6 is 0 Å².